The molecule has 0 aliphatic heterocycles. The zero-order valence-electron chi connectivity index (χ0n) is 17.1. The Morgan fingerprint density at radius 2 is 1.90 bits per heavy atom. The van der Waals surface area contributed by atoms with Gasteiger partial charge >= 0.3 is 0 Å². The topological polar surface area (TPSA) is 89.9 Å². The molecule has 9 heteroatoms. The smallest absolute Gasteiger partial charge is 0.227 e. The summed E-state index contributed by atoms with van der Waals surface area (Å²) in [5.74, 6) is 0.375. The van der Waals surface area contributed by atoms with Crippen LogP contribution in [0.2, 0.25) is 0 Å². The van der Waals surface area contributed by atoms with Crippen molar-refractivity contribution < 1.29 is 13.7 Å². The average Bonchev–Trinajstić information content (AvgIpc) is 3.49. The standard InChI is InChI=1S/C22H21FN6O2/c1-15(16-5-9-19(10-6-16)29-14-24-13-25-29)28(2)21(30)12-11-20-26-22(27-31-20)17-3-7-18(23)8-4-17/h3-10,13-15H,11-12H2,1-2H3/t15-/m0/s1. The van der Waals surface area contributed by atoms with Crippen molar-refractivity contribution >= 4 is 5.91 Å². The number of aromatic nitrogens is 5. The molecule has 0 aliphatic rings. The molecule has 158 valence electrons. The van der Waals surface area contributed by atoms with Gasteiger partial charge in [-0.05, 0) is 48.9 Å². The van der Waals surface area contributed by atoms with Crippen molar-refractivity contribution in [2.75, 3.05) is 7.05 Å². The van der Waals surface area contributed by atoms with Crippen LogP contribution in [0.4, 0.5) is 4.39 Å². The van der Waals surface area contributed by atoms with Crippen molar-refractivity contribution in [1.82, 2.24) is 29.8 Å². The van der Waals surface area contributed by atoms with Gasteiger partial charge in [0.15, 0.2) is 0 Å². The van der Waals surface area contributed by atoms with Gasteiger partial charge in [-0.25, -0.2) is 14.1 Å². The molecule has 8 nitrogen and oxygen atoms in total. The minimum Gasteiger partial charge on any atom is -0.339 e. The fourth-order valence-corrected chi connectivity index (χ4v) is 3.15. The van der Waals surface area contributed by atoms with E-state index in [-0.39, 0.29) is 24.2 Å². The molecule has 0 saturated heterocycles. The summed E-state index contributed by atoms with van der Waals surface area (Å²) in [4.78, 5) is 22.6. The maximum atomic E-state index is 13.1. The second kappa shape index (κ2) is 8.86. The summed E-state index contributed by atoms with van der Waals surface area (Å²) in [5.41, 5.74) is 2.56. The van der Waals surface area contributed by atoms with Crippen LogP contribution < -0.4 is 0 Å². The van der Waals surface area contributed by atoms with Gasteiger partial charge in [-0.3, -0.25) is 4.79 Å². The Kier molecular flexibility index (Phi) is 5.83. The normalized spacial score (nSPS) is 12.0. The lowest BCUT2D eigenvalue weighted by atomic mass is 10.1. The Labute approximate surface area is 178 Å². The molecule has 4 rings (SSSR count). The predicted molar refractivity (Wildman–Crippen MR) is 111 cm³/mol. The fourth-order valence-electron chi connectivity index (χ4n) is 3.15. The van der Waals surface area contributed by atoms with Crippen LogP contribution in [0.3, 0.4) is 0 Å². The van der Waals surface area contributed by atoms with Crippen molar-refractivity contribution in [3.8, 4) is 17.1 Å². The van der Waals surface area contributed by atoms with E-state index in [1.54, 1.807) is 35.1 Å². The number of hydrogen-bond donors (Lipinski definition) is 0. The van der Waals surface area contributed by atoms with Crippen LogP contribution in [0.15, 0.2) is 65.7 Å². The van der Waals surface area contributed by atoms with Gasteiger partial charge in [-0.2, -0.15) is 10.1 Å². The first-order valence-electron chi connectivity index (χ1n) is 9.80. The van der Waals surface area contributed by atoms with Gasteiger partial charge in [-0.1, -0.05) is 17.3 Å². The van der Waals surface area contributed by atoms with E-state index in [4.69, 9.17) is 4.52 Å². The second-order valence-corrected chi connectivity index (χ2v) is 7.13. The predicted octanol–water partition coefficient (Wildman–Crippen LogP) is 3.61. The third-order valence-corrected chi connectivity index (χ3v) is 5.16. The largest absolute Gasteiger partial charge is 0.339 e. The number of amides is 1. The molecule has 2 heterocycles. The molecule has 2 aromatic heterocycles. The van der Waals surface area contributed by atoms with Gasteiger partial charge in [-0.15, -0.1) is 0 Å². The first-order chi connectivity index (χ1) is 15.0. The lowest BCUT2D eigenvalue weighted by Crippen LogP contribution is -2.29. The van der Waals surface area contributed by atoms with Crippen molar-refractivity contribution in [2.24, 2.45) is 0 Å². The minimum absolute atomic E-state index is 0.0330. The molecule has 1 atom stereocenters. The third-order valence-electron chi connectivity index (χ3n) is 5.16. The maximum Gasteiger partial charge on any atom is 0.227 e. The van der Waals surface area contributed by atoms with Crippen LogP contribution in [-0.2, 0) is 11.2 Å². The van der Waals surface area contributed by atoms with E-state index in [2.05, 4.69) is 20.2 Å². The molecule has 0 bridgehead atoms. The monoisotopic (exact) mass is 420 g/mol. The summed E-state index contributed by atoms with van der Waals surface area (Å²) in [6, 6.07) is 13.6. The minimum atomic E-state index is -0.330. The molecule has 0 aliphatic carbocycles. The highest BCUT2D eigenvalue weighted by Gasteiger charge is 2.19. The molecular formula is C22H21FN6O2. The SMILES string of the molecule is C[C@@H](c1ccc(-n2cncn2)cc1)N(C)C(=O)CCc1nc(-c2ccc(F)cc2)no1. The quantitative estimate of drug-likeness (QED) is 0.454. The summed E-state index contributed by atoms with van der Waals surface area (Å²) in [6.45, 7) is 1.97. The first kappa shape index (κ1) is 20.4. The molecule has 0 N–H and O–H groups in total. The Balaban J connectivity index is 1.34. The summed E-state index contributed by atoms with van der Waals surface area (Å²) in [7, 11) is 1.77. The molecule has 2 aromatic carbocycles. The van der Waals surface area contributed by atoms with E-state index in [0.717, 1.165) is 11.3 Å². The van der Waals surface area contributed by atoms with E-state index in [1.807, 2.05) is 31.2 Å². The van der Waals surface area contributed by atoms with E-state index >= 15 is 0 Å². The molecule has 31 heavy (non-hydrogen) atoms. The lowest BCUT2D eigenvalue weighted by molar-refractivity contribution is -0.131. The van der Waals surface area contributed by atoms with Crippen molar-refractivity contribution in [3.05, 3.63) is 78.5 Å². The Morgan fingerprint density at radius 1 is 1.16 bits per heavy atom. The number of hydrogen-bond acceptors (Lipinski definition) is 6. The number of aryl methyl sites for hydroxylation is 1. The summed E-state index contributed by atoms with van der Waals surface area (Å²) < 4.78 is 20.0. The van der Waals surface area contributed by atoms with Crippen LogP contribution in [0.1, 0.15) is 30.8 Å². The van der Waals surface area contributed by atoms with Gasteiger partial charge in [0.1, 0.15) is 18.5 Å². The highest BCUT2D eigenvalue weighted by molar-refractivity contribution is 5.76. The van der Waals surface area contributed by atoms with Gasteiger partial charge in [0, 0.05) is 25.5 Å². The Bertz CT molecular complexity index is 1140. The van der Waals surface area contributed by atoms with Crippen LogP contribution in [0.25, 0.3) is 17.1 Å². The number of carbonyl (C=O) groups excluding carboxylic acids is 1. The van der Waals surface area contributed by atoms with Crippen molar-refractivity contribution in [2.45, 2.75) is 25.8 Å². The number of carbonyl (C=O) groups is 1. The summed E-state index contributed by atoms with van der Waals surface area (Å²) in [5, 5.41) is 8.01. The second-order valence-electron chi connectivity index (χ2n) is 7.13. The molecule has 0 saturated carbocycles. The first-order valence-corrected chi connectivity index (χ1v) is 9.80. The molecule has 0 spiro atoms. The molecule has 0 radical (unpaired) electrons. The van der Waals surface area contributed by atoms with Gasteiger partial charge in [0.05, 0.1) is 11.7 Å². The maximum absolute atomic E-state index is 13.1. The van der Waals surface area contributed by atoms with Crippen LogP contribution >= 0.6 is 0 Å². The van der Waals surface area contributed by atoms with E-state index in [0.29, 0.717) is 23.7 Å². The van der Waals surface area contributed by atoms with Gasteiger partial charge < -0.3 is 9.42 Å². The highest BCUT2D eigenvalue weighted by atomic mass is 19.1. The zero-order chi connectivity index (χ0) is 21.8. The number of benzene rings is 2. The number of rotatable bonds is 7. The van der Waals surface area contributed by atoms with E-state index in [1.165, 1.54) is 18.5 Å². The van der Waals surface area contributed by atoms with Gasteiger partial charge in [0.25, 0.3) is 0 Å². The molecule has 1 amide bonds. The molecule has 0 fully saturated rings. The average molecular weight is 420 g/mol. The summed E-state index contributed by atoms with van der Waals surface area (Å²) >= 11 is 0. The Morgan fingerprint density at radius 3 is 2.58 bits per heavy atom. The number of halogens is 1. The summed E-state index contributed by atoms with van der Waals surface area (Å²) in [6.07, 6.45) is 3.68. The molecular weight excluding hydrogens is 399 g/mol. The van der Waals surface area contributed by atoms with Crippen molar-refractivity contribution in [3.63, 3.8) is 0 Å². The highest BCUT2D eigenvalue weighted by Crippen LogP contribution is 2.22. The third kappa shape index (κ3) is 4.66. The van der Waals surface area contributed by atoms with Crippen molar-refractivity contribution in [1.29, 1.82) is 0 Å². The van der Waals surface area contributed by atoms with Crippen LogP contribution in [0, 0.1) is 5.82 Å². The van der Waals surface area contributed by atoms with E-state index in [9.17, 15) is 9.18 Å². The lowest BCUT2D eigenvalue weighted by Gasteiger charge is -2.25. The Hall–Kier alpha value is -3.88. The van der Waals surface area contributed by atoms with Gasteiger partial charge in [0.2, 0.25) is 17.6 Å². The molecule has 4 aromatic rings. The van der Waals surface area contributed by atoms with Crippen LogP contribution in [0.5, 0.6) is 0 Å². The zero-order valence-corrected chi connectivity index (χ0v) is 17.1. The number of nitrogens with zero attached hydrogens (tertiary/aromatic N) is 6. The fraction of sp³-hybridized carbons (Fsp3) is 0.227. The van der Waals surface area contributed by atoms with Crippen LogP contribution in [-0.4, -0.2) is 42.8 Å². The van der Waals surface area contributed by atoms with E-state index < -0.39 is 0 Å². The molecule has 0 unspecified atom stereocenters.